The van der Waals surface area contributed by atoms with E-state index in [-0.39, 0.29) is 5.78 Å². The molecule has 0 spiro atoms. The van der Waals surface area contributed by atoms with Crippen molar-refractivity contribution >= 4 is 5.78 Å². The van der Waals surface area contributed by atoms with Crippen molar-refractivity contribution in [3.05, 3.63) is 22.1 Å². The predicted octanol–water partition coefficient (Wildman–Crippen LogP) is 3.00. The van der Waals surface area contributed by atoms with E-state index in [9.17, 15) is 4.79 Å². The highest BCUT2D eigenvalue weighted by Crippen LogP contribution is 2.22. The zero-order chi connectivity index (χ0) is 10.4. The molecule has 0 heterocycles. The molecule has 0 aliphatic heterocycles. The molecule has 4 heteroatoms. The summed E-state index contributed by atoms with van der Waals surface area (Å²) in [4.78, 5) is 14.2. The number of rotatable bonds is 4. The molecule has 1 atom stereocenters. The van der Waals surface area contributed by atoms with Crippen molar-refractivity contribution in [1.82, 2.24) is 0 Å². The van der Waals surface area contributed by atoms with E-state index >= 15 is 0 Å². The fourth-order valence-corrected chi connectivity index (χ4v) is 1.61. The van der Waals surface area contributed by atoms with Gasteiger partial charge in [-0.3, -0.25) is 4.79 Å². The summed E-state index contributed by atoms with van der Waals surface area (Å²) in [6, 6.07) is 0. The molecule has 0 bridgehead atoms. The molecular weight excluding hydrogens is 178 g/mol. The van der Waals surface area contributed by atoms with E-state index in [1.807, 2.05) is 6.08 Å². The van der Waals surface area contributed by atoms with E-state index in [0.717, 1.165) is 24.8 Å². The lowest BCUT2D eigenvalue weighted by Gasteiger charge is -2.16. The minimum atomic E-state index is 0.268. The third-order valence-corrected chi connectivity index (χ3v) is 2.43. The zero-order valence-electron chi connectivity index (χ0n) is 8.44. The van der Waals surface area contributed by atoms with Crippen LogP contribution in [0.15, 0.2) is 16.8 Å². The van der Waals surface area contributed by atoms with E-state index in [0.29, 0.717) is 18.9 Å². The van der Waals surface area contributed by atoms with Gasteiger partial charge < -0.3 is 0 Å². The molecule has 0 saturated heterocycles. The molecule has 14 heavy (non-hydrogen) atoms. The Labute approximate surface area is 83.6 Å². The maximum Gasteiger partial charge on any atom is 0.158 e. The highest BCUT2D eigenvalue weighted by molar-refractivity contribution is 5.96. The largest absolute Gasteiger partial charge is 0.295 e. The molecule has 1 unspecified atom stereocenters. The topological polar surface area (TPSA) is 65.8 Å². The van der Waals surface area contributed by atoms with Crippen LogP contribution in [0.3, 0.4) is 0 Å². The number of ketones is 1. The highest BCUT2D eigenvalue weighted by Gasteiger charge is 2.17. The minimum absolute atomic E-state index is 0.268. The van der Waals surface area contributed by atoms with Crippen LogP contribution in [0.4, 0.5) is 0 Å². The van der Waals surface area contributed by atoms with Crippen molar-refractivity contribution in [3.63, 3.8) is 0 Å². The van der Waals surface area contributed by atoms with E-state index in [1.165, 1.54) is 0 Å². The maximum absolute atomic E-state index is 11.5. The zero-order valence-corrected chi connectivity index (χ0v) is 8.44. The van der Waals surface area contributed by atoms with Crippen molar-refractivity contribution in [1.29, 1.82) is 0 Å². The van der Waals surface area contributed by atoms with Crippen molar-refractivity contribution in [2.45, 2.75) is 32.6 Å². The molecule has 0 aromatic carbocycles. The van der Waals surface area contributed by atoms with Crippen LogP contribution in [0, 0.1) is 5.92 Å². The number of hydrogen-bond acceptors (Lipinski definition) is 2. The molecule has 1 aliphatic rings. The van der Waals surface area contributed by atoms with Gasteiger partial charge in [0.05, 0.1) is 0 Å². The van der Waals surface area contributed by atoms with E-state index in [2.05, 4.69) is 16.9 Å². The lowest BCUT2D eigenvalue weighted by atomic mass is 9.88. The summed E-state index contributed by atoms with van der Waals surface area (Å²) in [5, 5.41) is 3.44. The smallest absolute Gasteiger partial charge is 0.158 e. The number of hydrogen-bond donors (Lipinski definition) is 0. The molecule has 0 saturated carbocycles. The molecule has 0 radical (unpaired) electrons. The van der Waals surface area contributed by atoms with Gasteiger partial charge in [-0.2, -0.15) is 0 Å². The van der Waals surface area contributed by atoms with Gasteiger partial charge >= 0.3 is 0 Å². The number of carbonyl (C=O) groups is 1. The van der Waals surface area contributed by atoms with Crippen molar-refractivity contribution < 1.29 is 4.79 Å². The lowest BCUT2D eigenvalue weighted by molar-refractivity contribution is -0.116. The average Bonchev–Trinajstić information content (AvgIpc) is 2.15. The predicted molar refractivity (Wildman–Crippen MR) is 54.7 cm³/mol. The first kappa shape index (κ1) is 10.8. The summed E-state index contributed by atoms with van der Waals surface area (Å²) < 4.78 is 0. The molecule has 0 aromatic rings. The Morgan fingerprint density at radius 3 is 3.14 bits per heavy atom. The first-order chi connectivity index (χ1) is 6.74. The number of azide groups is 1. The number of allylic oxidation sites excluding steroid dienone is 2. The number of nitrogens with zero attached hydrogens (tertiary/aromatic N) is 3. The van der Waals surface area contributed by atoms with Crippen LogP contribution in [0.25, 0.3) is 10.4 Å². The normalized spacial score (nSPS) is 21.4. The van der Waals surface area contributed by atoms with Crippen molar-refractivity contribution in [2.75, 3.05) is 6.54 Å². The van der Waals surface area contributed by atoms with Crippen LogP contribution in [0.2, 0.25) is 0 Å². The Morgan fingerprint density at radius 2 is 2.50 bits per heavy atom. The molecule has 0 fully saturated rings. The van der Waals surface area contributed by atoms with Crippen LogP contribution in [-0.4, -0.2) is 12.3 Å². The average molecular weight is 193 g/mol. The highest BCUT2D eigenvalue weighted by atomic mass is 16.1. The Kier molecular flexibility index (Phi) is 4.20. The molecule has 4 nitrogen and oxygen atoms in total. The van der Waals surface area contributed by atoms with Crippen molar-refractivity contribution in [3.8, 4) is 0 Å². The van der Waals surface area contributed by atoms with Crippen LogP contribution in [0.5, 0.6) is 0 Å². The molecule has 0 amide bonds. The van der Waals surface area contributed by atoms with Gasteiger partial charge in [0.25, 0.3) is 0 Å². The van der Waals surface area contributed by atoms with Crippen LogP contribution >= 0.6 is 0 Å². The molecule has 1 aliphatic carbocycles. The van der Waals surface area contributed by atoms with E-state index < -0.39 is 0 Å². The summed E-state index contributed by atoms with van der Waals surface area (Å²) in [6.07, 6.45) is 5.24. The Bertz CT molecular complexity index is 290. The van der Waals surface area contributed by atoms with Crippen molar-refractivity contribution in [2.24, 2.45) is 11.0 Å². The third kappa shape index (κ3) is 3.23. The monoisotopic (exact) mass is 193 g/mol. The minimum Gasteiger partial charge on any atom is -0.295 e. The Morgan fingerprint density at radius 1 is 1.71 bits per heavy atom. The summed E-state index contributed by atoms with van der Waals surface area (Å²) in [5.41, 5.74) is 8.99. The van der Waals surface area contributed by atoms with Gasteiger partial charge in [0, 0.05) is 17.9 Å². The quantitative estimate of drug-likeness (QED) is 0.293. The second-order valence-electron chi connectivity index (χ2n) is 3.76. The summed E-state index contributed by atoms with van der Waals surface area (Å²) in [7, 11) is 0. The maximum atomic E-state index is 11.5. The fourth-order valence-electron chi connectivity index (χ4n) is 1.61. The molecule has 76 valence electrons. The van der Waals surface area contributed by atoms with Gasteiger partial charge in [-0.05, 0) is 36.3 Å². The lowest BCUT2D eigenvalue weighted by Crippen LogP contribution is -2.13. The van der Waals surface area contributed by atoms with E-state index in [1.54, 1.807) is 0 Å². The SMILES string of the molecule is CC1CC=C(CCCN=[N+]=[N-])C(=O)C1. The van der Waals surface area contributed by atoms with Crippen LogP contribution in [0.1, 0.15) is 32.6 Å². The fraction of sp³-hybridized carbons (Fsp3) is 0.700. The molecular formula is C10H15N3O. The van der Waals surface area contributed by atoms with Gasteiger partial charge in [0.15, 0.2) is 5.78 Å². The standard InChI is InChI=1S/C10H15N3O/c1-8-4-5-9(10(14)7-8)3-2-6-12-13-11/h5,8H,2-4,6-7H2,1H3. The summed E-state index contributed by atoms with van der Waals surface area (Å²) >= 11 is 0. The number of Topliss-reactive ketones (excluding diaryl/α,β-unsaturated/α-hetero) is 1. The van der Waals surface area contributed by atoms with Gasteiger partial charge in [0.1, 0.15) is 0 Å². The third-order valence-electron chi connectivity index (χ3n) is 2.43. The van der Waals surface area contributed by atoms with Gasteiger partial charge in [-0.1, -0.05) is 18.1 Å². The van der Waals surface area contributed by atoms with Crippen LogP contribution < -0.4 is 0 Å². The Balaban J connectivity index is 2.37. The van der Waals surface area contributed by atoms with E-state index in [4.69, 9.17) is 5.53 Å². The second kappa shape index (κ2) is 5.45. The number of carbonyl (C=O) groups excluding carboxylic acids is 1. The van der Waals surface area contributed by atoms with Gasteiger partial charge in [-0.15, -0.1) is 0 Å². The first-order valence-electron chi connectivity index (χ1n) is 4.97. The van der Waals surface area contributed by atoms with Crippen LogP contribution in [-0.2, 0) is 4.79 Å². The first-order valence-corrected chi connectivity index (χ1v) is 4.97. The molecule has 0 aromatic heterocycles. The summed E-state index contributed by atoms with van der Waals surface area (Å²) in [5.74, 6) is 0.757. The summed E-state index contributed by atoms with van der Waals surface area (Å²) in [6.45, 7) is 2.57. The second-order valence-corrected chi connectivity index (χ2v) is 3.76. The molecule has 1 rings (SSSR count). The van der Waals surface area contributed by atoms with Gasteiger partial charge in [0.2, 0.25) is 0 Å². The molecule has 0 N–H and O–H groups in total. The van der Waals surface area contributed by atoms with Gasteiger partial charge in [-0.25, -0.2) is 0 Å². The Hall–Kier alpha value is -1.28.